The fourth-order valence-electron chi connectivity index (χ4n) is 1.87. The molecule has 0 amide bonds. The van der Waals surface area contributed by atoms with Crippen LogP contribution in [0, 0.1) is 0 Å². The van der Waals surface area contributed by atoms with Crippen molar-refractivity contribution in [2.45, 2.75) is 13.5 Å². The van der Waals surface area contributed by atoms with Crippen LogP contribution in [0.3, 0.4) is 0 Å². The molecule has 0 aliphatic heterocycles. The number of Topliss-reactive ketones (excluding diaryl/α,β-unsaturated/α-hetero) is 1. The number of ketones is 1. The molecule has 0 saturated carbocycles. The third-order valence-electron chi connectivity index (χ3n) is 3.10. The summed E-state index contributed by atoms with van der Waals surface area (Å²) in [6, 6.07) is 13.0. The van der Waals surface area contributed by atoms with Crippen molar-refractivity contribution in [3.05, 3.63) is 53.6 Å². The molecule has 2 rings (SSSR count). The van der Waals surface area contributed by atoms with E-state index in [4.69, 9.17) is 10.5 Å². The first-order valence-electron chi connectivity index (χ1n) is 6.37. The quantitative estimate of drug-likeness (QED) is 0.647. The maximum Gasteiger partial charge on any atom is 0.159 e. The van der Waals surface area contributed by atoms with Crippen molar-refractivity contribution in [2.75, 3.05) is 18.2 Å². The molecule has 2 aromatic carbocycles. The van der Waals surface area contributed by atoms with Gasteiger partial charge in [0.15, 0.2) is 5.78 Å². The van der Waals surface area contributed by atoms with Crippen molar-refractivity contribution in [3.63, 3.8) is 0 Å². The first-order valence-corrected chi connectivity index (χ1v) is 6.37. The van der Waals surface area contributed by atoms with Crippen LogP contribution in [0.5, 0.6) is 5.75 Å². The highest BCUT2D eigenvalue weighted by Crippen LogP contribution is 2.21. The summed E-state index contributed by atoms with van der Waals surface area (Å²) in [6.45, 7) is 2.17. The highest BCUT2D eigenvalue weighted by Gasteiger charge is 2.04. The molecule has 0 aliphatic carbocycles. The molecule has 104 valence electrons. The van der Waals surface area contributed by atoms with Crippen molar-refractivity contribution in [3.8, 4) is 5.75 Å². The number of nitrogens with one attached hydrogen (secondary N) is 1. The van der Waals surface area contributed by atoms with E-state index in [2.05, 4.69) is 5.32 Å². The van der Waals surface area contributed by atoms with Gasteiger partial charge >= 0.3 is 0 Å². The minimum atomic E-state index is 0.0255. The van der Waals surface area contributed by atoms with Crippen LogP contribution < -0.4 is 15.8 Å². The van der Waals surface area contributed by atoms with Gasteiger partial charge in [0.1, 0.15) is 5.75 Å². The zero-order chi connectivity index (χ0) is 14.5. The lowest BCUT2D eigenvalue weighted by molar-refractivity contribution is 0.101. The normalized spacial score (nSPS) is 10.1. The van der Waals surface area contributed by atoms with Gasteiger partial charge in [-0.15, -0.1) is 0 Å². The van der Waals surface area contributed by atoms with Crippen molar-refractivity contribution in [1.29, 1.82) is 0 Å². The number of hydrogen-bond acceptors (Lipinski definition) is 4. The Morgan fingerprint density at radius 3 is 2.50 bits per heavy atom. The van der Waals surface area contributed by atoms with Gasteiger partial charge in [0.05, 0.1) is 18.5 Å². The van der Waals surface area contributed by atoms with Gasteiger partial charge in [-0.2, -0.15) is 0 Å². The highest BCUT2D eigenvalue weighted by molar-refractivity contribution is 5.96. The van der Waals surface area contributed by atoms with E-state index in [-0.39, 0.29) is 5.78 Å². The van der Waals surface area contributed by atoms with E-state index in [9.17, 15) is 4.79 Å². The standard InChI is InChI=1S/C16H18N2O2/c1-11(19)13-5-8-15(17)16(9-13)18-10-12-3-6-14(20-2)7-4-12/h3-9,18H,10,17H2,1-2H3. The first kappa shape index (κ1) is 13.9. The number of ether oxygens (including phenoxy) is 1. The Morgan fingerprint density at radius 1 is 1.20 bits per heavy atom. The summed E-state index contributed by atoms with van der Waals surface area (Å²) in [5.41, 5.74) is 9.06. The van der Waals surface area contributed by atoms with Crippen molar-refractivity contribution >= 4 is 17.2 Å². The molecule has 3 N–H and O–H groups in total. The molecule has 0 radical (unpaired) electrons. The molecule has 4 heteroatoms. The largest absolute Gasteiger partial charge is 0.497 e. The predicted molar refractivity (Wildman–Crippen MR) is 81.2 cm³/mol. The molecule has 4 nitrogen and oxygen atoms in total. The second kappa shape index (κ2) is 6.10. The Balaban J connectivity index is 2.09. The smallest absolute Gasteiger partial charge is 0.159 e. The van der Waals surface area contributed by atoms with Crippen LogP contribution in [0.25, 0.3) is 0 Å². The number of carbonyl (C=O) groups excluding carboxylic acids is 1. The molecule has 0 fully saturated rings. The Morgan fingerprint density at radius 2 is 1.90 bits per heavy atom. The summed E-state index contributed by atoms with van der Waals surface area (Å²) >= 11 is 0. The molecular formula is C16H18N2O2. The molecule has 2 aromatic rings. The zero-order valence-corrected chi connectivity index (χ0v) is 11.6. The number of carbonyl (C=O) groups is 1. The fourth-order valence-corrected chi connectivity index (χ4v) is 1.87. The molecule has 20 heavy (non-hydrogen) atoms. The molecule has 0 aromatic heterocycles. The average molecular weight is 270 g/mol. The Kier molecular flexibility index (Phi) is 4.25. The first-order chi connectivity index (χ1) is 9.60. The minimum Gasteiger partial charge on any atom is -0.497 e. The van der Waals surface area contributed by atoms with Crippen LogP contribution >= 0.6 is 0 Å². The van der Waals surface area contributed by atoms with Crippen LogP contribution in [0.1, 0.15) is 22.8 Å². The average Bonchev–Trinajstić information content (AvgIpc) is 2.46. The van der Waals surface area contributed by atoms with Gasteiger partial charge in [0, 0.05) is 12.1 Å². The van der Waals surface area contributed by atoms with E-state index in [1.165, 1.54) is 0 Å². The zero-order valence-electron chi connectivity index (χ0n) is 11.6. The highest BCUT2D eigenvalue weighted by atomic mass is 16.5. The lowest BCUT2D eigenvalue weighted by atomic mass is 10.1. The Bertz CT molecular complexity index is 606. The second-order valence-corrected chi connectivity index (χ2v) is 4.56. The molecule has 0 bridgehead atoms. The summed E-state index contributed by atoms with van der Waals surface area (Å²) in [4.78, 5) is 11.4. The van der Waals surface area contributed by atoms with Crippen molar-refractivity contribution in [1.82, 2.24) is 0 Å². The maximum atomic E-state index is 11.4. The number of hydrogen-bond donors (Lipinski definition) is 2. The third kappa shape index (κ3) is 3.29. The van der Waals surface area contributed by atoms with Crippen LogP contribution in [-0.4, -0.2) is 12.9 Å². The summed E-state index contributed by atoms with van der Waals surface area (Å²) in [7, 11) is 1.64. The van der Waals surface area contributed by atoms with E-state index in [0.29, 0.717) is 17.8 Å². The summed E-state index contributed by atoms with van der Waals surface area (Å²) in [5.74, 6) is 0.851. The number of methoxy groups -OCH3 is 1. The predicted octanol–water partition coefficient (Wildman–Crippen LogP) is 3.09. The number of nitrogens with two attached hydrogens (primary N) is 1. The summed E-state index contributed by atoms with van der Waals surface area (Å²) < 4.78 is 5.12. The van der Waals surface area contributed by atoms with E-state index in [1.54, 1.807) is 32.2 Å². The van der Waals surface area contributed by atoms with Crippen LogP contribution in [0.2, 0.25) is 0 Å². The lowest BCUT2D eigenvalue weighted by Gasteiger charge is -2.11. The van der Waals surface area contributed by atoms with Crippen molar-refractivity contribution < 1.29 is 9.53 Å². The fraction of sp³-hybridized carbons (Fsp3) is 0.188. The molecule has 0 atom stereocenters. The van der Waals surface area contributed by atoms with Gasteiger partial charge in [-0.25, -0.2) is 0 Å². The summed E-state index contributed by atoms with van der Waals surface area (Å²) in [6.07, 6.45) is 0. The molecule has 0 spiro atoms. The Hall–Kier alpha value is -2.49. The Labute approximate surface area is 118 Å². The SMILES string of the molecule is COc1ccc(CNc2cc(C(C)=O)ccc2N)cc1. The van der Waals surface area contributed by atoms with Gasteiger partial charge < -0.3 is 15.8 Å². The molecular weight excluding hydrogens is 252 g/mol. The number of nitrogen functional groups attached to an aromatic ring is 1. The molecule has 0 heterocycles. The number of rotatable bonds is 5. The van der Waals surface area contributed by atoms with Crippen LogP contribution in [0.4, 0.5) is 11.4 Å². The van der Waals surface area contributed by atoms with E-state index in [1.807, 2.05) is 24.3 Å². The minimum absolute atomic E-state index is 0.0255. The summed E-state index contributed by atoms with van der Waals surface area (Å²) in [5, 5.41) is 3.24. The van der Waals surface area contributed by atoms with Gasteiger partial charge in [0.2, 0.25) is 0 Å². The maximum absolute atomic E-state index is 11.4. The molecule has 0 aliphatic rings. The lowest BCUT2D eigenvalue weighted by Crippen LogP contribution is -2.04. The number of benzene rings is 2. The third-order valence-corrected chi connectivity index (χ3v) is 3.10. The number of anilines is 2. The molecule has 0 saturated heterocycles. The molecule has 0 unspecified atom stereocenters. The monoisotopic (exact) mass is 270 g/mol. The van der Waals surface area contributed by atoms with E-state index >= 15 is 0 Å². The van der Waals surface area contributed by atoms with Gasteiger partial charge in [-0.1, -0.05) is 12.1 Å². The van der Waals surface area contributed by atoms with E-state index < -0.39 is 0 Å². The van der Waals surface area contributed by atoms with Gasteiger partial charge in [-0.3, -0.25) is 4.79 Å². The topological polar surface area (TPSA) is 64.3 Å². The van der Waals surface area contributed by atoms with Crippen LogP contribution in [0.15, 0.2) is 42.5 Å². The van der Waals surface area contributed by atoms with Crippen LogP contribution in [-0.2, 0) is 6.54 Å². The van der Waals surface area contributed by atoms with Crippen molar-refractivity contribution in [2.24, 2.45) is 0 Å². The second-order valence-electron chi connectivity index (χ2n) is 4.56. The van der Waals surface area contributed by atoms with Gasteiger partial charge in [-0.05, 0) is 42.8 Å². The van der Waals surface area contributed by atoms with Gasteiger partial charge in [0.25, 0.3) is 0 Å². The van der Waals surface area contributed by atoms with E-state index in [0.717, 1.165) is 17.0 Å².